The zero-order chi connectivity index (χ0) is 33.6. The number of rotatable bonds is 11. The van der Waals surface area contributed by atoms with Gasteiger partial charge in [-0.15, -0.1) is 0 Å². The molecule has 48 heavy (non-hydrogen) atoms. The molecule has 0 radical (unpaired) electrons. The van der Waals surface area contributed by atoms with Gasteiger partial charge in [-0.1, -0.05) is 89.7 Å². The Kier molecular flexibility index (Phi) is 10.1. The fourth-order valence-electron chi connectivity index (χ4n) is 5.51. The first-order valence-electron chi connectivity index (χ1n) is 15.5. The van der Waals surface area contributed by atoms with E-state index in [1.54, 1.807) is 42.9 Å². The van der Waals surface area contributed by atoms with Crippen LogP contribution in [0.2, 0.25) is 5.02 Å². The highest BCUT2D eigenvalue weighted by Gasteiger charge is 2.35. The van der Waals surface area contributed by atoms with Gasteiger partial charge < -0.3 is 18.9 Å². The molecule has 0 amide bonds. The molecule has 0 aliphatic carbocycles. The molecule has 1 atom stereocenters. The van der Waals surface area contributed by atoms with E-state index in [2.05, 4.69) is 0 Å². The van der Waals surface area contributed by atoms with Crippen LogP contribution >= 0.6 is 22.9 Å². The molecule has 1 aliphatic heterocycles. The Morgan fingerprint density at radius 2 is 1.67 bits per heavy atom. The summed E-state index contributed by atoms with van der Waals surface area (Å²) in [5.74, 6) is 1.15. The minimum absolute atomic E-state index is 0.166. The first kappa shape index (κ1) is 32.8. The van der Waals surface area contributed by atoms with Crippen molar-refractivity contribution in [2.24, 2.45) is 4.99 Å². The number of ether oxygens (including phenoxy) is 4. The minimum Gasteiger partial charge on any atom is -0.494 e. The summed E-state index contributed by atoms with van der Waals surface area (Å²) < 4.78 is 25.1. The fourth-order valence-corrected chi connectivity index (χ4v) is 6.63. The third-order valence-electron chi connectivity index (χ3n) is 7.69. The molecule has 0 bridgehead atoms. The van der Waals surface area contributed by atoms with Crippen molar-refractivity contribution in [1.82, 2.24) is 4.57 Å². The van der Waals surface area contributed by atoms with Gasteiger partial charge in [0.05, 0.1) is 42.2 Å². The van der Waals surface area contributed by atoms with E-state index in [1.165, 1.54) is 11.3 Å². The van der Waals surface area contributed by atoms with E-state index in [9.17, 15) is 9.59 Å². The van der Waals surface area contributed by atoms with Gasteiger partial charge in [0.15, 0.2) is 16.3 Å². The van der Waals surface area contributed by atoms with Crippen molar-refractivity contribution in [2.75, 3.05) is 20.3 Å². The number of carbonyl (C=O) groups excluding carboxylic acids is 1. The molecule has 1 aliphatic rings. The molecule has 6 rings (SSSR count). The highest BCUT2D eigenvalue weighted by atomic mass is 35.5. The average Bonchev–Trinajstić information content (AvgIpc) is 3.42. The predicted octanol–water partition coefficient (Wildman–Crippen LogP) is 6.58. The number of nitrogens with zero attached hydrogens (tertiary/aromatic N) is 2. The van der Waals surface area contributed by atoms with Crippen LogP contribution in [0.25, 0.3) is 11.8 Å². The Morgan fingerprint density at radius 3 is 2.35 bits per heavy atom. The molecule has 0 saturated carbocycles. The second-order valence-electron chi connectivity index (χ2n) is 10.7. The zero-order valence-corrected chi connectivity index (χ0v) is 28.2. The van der Waals surface area contributed by atoms with Crippen LogP contribution in [0.3, 0.4) is 0 Å². The number of halogens is 1. The third kappa shape index (κ3) is 6.79. The average molecular weight is 681 g/mol. The number of methoxy groups -OCH3 is 1. The van der Waals surface area contributed by atoms with Crippen molar-refractivity contribution in [3.05, 3.63) is 150 Å². The van der Waals surface area contributed by atoms with Crippen LogP contribution in [0.1, 0.15) is 42.1 Å². The Labute approximate surface area is 286 Å². The molecular formula is C38H33ClN2O6S. The van der Waals surface area contributed by atoms with Gasteiger partial charge in [-0.3, -0.25) is 9.36 Å². The molecule has 0 N–H and O–H groups in total. The van der Waals surface area contributed by atoms with Crippen LogP contribution in [-0.2, 0) is 16.1 Å². The van der Waals surface area contributed by atoms with Gasteiger partial charge in [-0.25, -0.2) is 9.79 Å². The second-order valence-corrected chi connectivity index (χ2v) is 12.2. The summed E-state index contributed by atoms with van der Waals surface area (Å²) in [7, 11) is 1.57. The van der Waals surface area contributed by atoms with Gasteiger partial charge in [0.2, 0.25) is 0 Å². The molecule has 10 heteroatoms. The number of carbonyl (C=O) groups is 1. The lowest BCUT2D eigenvalue weighted by Gasteiger charge is -2.26. The predicted molar refractivity (Wildman–Crippen MR) is 187 cm³/mol. The van der Waals surface area contributed by atoms with E-state index in [-0.39, 0.29) is 24.3 Å². The van der Waals surface area contributed by atoms with E-state index in [0.29, 0.717) is 55.0 Å². The van der Waals surface area contributed by atoms with E-state index >= 15 is 0 Å². The maximum Gasteiger partial charge on any atom is 0.338 e. The topological polar surface area (TPSA) is 88.4 Å². The summed E-state index contributed by atoms with van der Waals surface area (Å²) in [6, 6.07) is 28.9. The Bertz CT molecular complexity index is 2140. The second kappa shape index (κ2) is 14.8. The first-order valence-corrected chi connectivity index (χ1v) is 16.7. The molecule has 0 saturated heterocycles. The van der Waals surface area contributed by atoms with Crippen LogP contribution in [0.4, 0.5) is 0 Å². The van der Waals surface area contributed by atoms with Gasteiger partial charge in [-0.2, -0.15) is 0 Å². The normalized spacial score (nSPS) is 14.2. The van der Waals surface area contributed by atoms with Gasteiger partial charge >= 0.3 is 5.97 Å². The molecular weight excluding hydrogens is 648 g/mol. The summed E-state index contributed by atoms with van der Waals surface area (Å²) in [5, 5.41) is 0.636. The summed E-state index contributed by atoms with van der Waals surface area (Å²) >= 11 is 7.30. The molecule has 5 aromatic rings. The van der Waals surface area contributed by atoms with Crippen LogP contribution in [-0.4, -0.2) is 30.9 Å². The van der Waals surface area contributed by atoms with Crippen molar-refractivity contribution in [2.45, 2.75) is 26.5 Å². The van der Waals surface area contributed by atoms with E-state index in [4.69, 9.17) is 35.5 Å². The Morgan fingerprint density at radius 1 is 0.917 bits per heavy atom. The quantitative estimate of drug-likeness (QED) is 0.147. The Balaban J connectivity index is 1.54. The largest absolute Gasteiger partial charge is 0.494 e. The van der Waals surface area contributed by atoms with E-state index in [1.807, 2.05) is 85.8 Å². The molecule has 0 unspecified atom stereocenters. The van der Waals surface area contributed by atoms with E-state index in [0.717, 1.165) is 11.1 Å². The number of aromatic nitrogens is 1. The van der Waals surface area contributed by atoms with Crippen LogP contribution < -0.4 is 29.1 Å². The van der Waals surface area contributed by atoms with Gasteiger partial charge in [0, 0.05) is 16.1 Å². The number of thiazole rings is 1. The number of hydrogen-bond donors (Lipinski definition) is 0. The van der Waals surface area contributed by atoms with Crippen LogP contribution in [0.15, 0.2) is 112 Å². The van der Waals surface area contributed by atoms with Crippen LogP contribution in [0, 0.1) is 0 Å². The third-order valence-corrected chi connectivity index (χ3v) is 8.93. The standard InChI is InChI=1S/C38H33ClN2O6S/c1-4-45-29-20-16-26(17-21-29)34-32(37(43)46-5-2)33(25-10-7-6-8-11-25)40-38-41(34)36(42)31(48-38)22-27-12-9-13-30(44-3)35(27)47-23-24-14-18-28(39)19-15-24/h6-22,34H,4-5,23H2,1-3H3/b31-22-/t34-/m1/s1. The fraction of sp³-hybridized carbons (Fsp3) is 0.184. The highest BCUT2D eigenvalue weighted by Crippen LogP contribution is 2.36. The molecule has 2 heterocycles. The van der Waals surface area contributed by atoms with Crippen molar-refractivity contribution in [3.8, 4) is 17.2 Å². The molecule has 244 valence electrons. The minimum atomic E-state index is -0.806. The van der Waals surface area contributed by atoms with Gasteiger partial charge in [-0.05, 0) is 61.4 Å². The number of hydrogen-bond acceptors (Lipinski definition) is 8. The lowest BCUT2D eigenvalue weighted by Crippen LogP contribution is -2.40. The van der Waals surface area contributed by atoms with E-state index < -0.39 is 12.0 Å². The van der Waals surface area contributed by atoms with Crippen molar-refractivity contribution in [1.29, 1.82) is 0 Å². The lowest BCUT2D eigenvalue weighted by atomic mass is 9.93. The Hall–Kier alpha value is -5.12. The van der Waals surface area contributed by atoms with Crippen LogP contribution in [0.5, 0.6) is 17.2 Å². The summed E-state index contributed by atoms with van der Waals surface area (Å²) in [5.41, 5.74) is 3.45. The first-order chi connectivity index (χ1) is 23.4. The number of esters is 1. The molecule has 4 aromatic carbocycles. The van der Waals surface area contributed by atoms with Gasteiger partial charge in [0.1, 0.15) is 12.4 Å². The number of para-hydroxylation sites is 1. The smallest absolute Gasteiger partial charge is 0.338 e. The maximum absolute atomic E-state index is 14.4. The van der Waals surface area contributed by atoms with Crippen molar-refractivity contribution < 1.29 is 23.7 Å². The van der Waals surface area contributed by atoms with Crippen molar-refractivity contribution in [3.63, 3.8) is 0 Å². The monoisotopic (exact) mass is 680 g/mol. The van der Waals surface area contributed by atoms with Gasteiger partial charge in [0.25, 0.3) is 5.56 Å². The summed E-state index contributed by atoms with van der Waals surface area (Å²) in [6.45, 7) is 4.61. The molecule has 1 aromatic heterocycles. The molecule has 0 spiro atoms. The lowest BCUT2D eigenvalue weighted by molar-refractivity contribution is -0.138. The highest BCUT2D eigenvalue weighted by molar-refractivity contribution is 7.07. The molecule has 8 nitrogen and oxygen atoms in total. The molecule has 0 fully saturated rings. The zero-order valence-electron chi connectivity index (χ0n) is 26.6. The SMILES string of the molecule is CCOC(=O)C1=C(c2ccccc2)N=c2s/c(=C\c3cccc(OC)c3OCc3ccc(Cl)cc3)c(=O)n2[C@@H]1c1ccc(OCC)cc1. The summed E-state index contributed by atoms with van der Waals surface area (Å²) in [6.07, 6.45) is 1.77. The number of fused-ring (bicyclic) bond motifs is 1. The maximum atomic E-state index is 14.4. The number of benzene rings is 4. The van der Waals surface area contributed by atoms with Crippen molar-refractivity contribution >= 4 is 40.7 Å². The summed E-state index contributed by atoms with van der Waals surface area (Å²) in [4.78, 5) is 33.6.